The van der Waals surface area contributed by atoms with Crippen LogP contribution < -0.4 is 4.90 Å². The number of nitrogens with zero attached hydrogens (tertiary/aromatic N) is 6. The standard InChI is InChI=1S/C16H22N6O2/c1-3-12-8-13(15-18-17-11-22(15)19-12)21-6-4-16(5-7-21)10-20(2)14(23)9-24-16/h8,11H,3-7,9-10H2,1-2H3. The molecule has 4 heterocycles. The summed E-state index contributed by atoms with van der Waals surface area (Å²) in [6.45, 7) is 4.71. The molecular formula is C16H22N6O2. The second-order valence-electron chi connectivity index (χ2n) is 6.68. The predicted molar refractivity (Wildman–Crippen MR) is 87.9 cm³/mol. The second kappa shape index (κ2) is 5.70. The number of carbonyl (C=O) groups excluding carboxylic acids is 1. The molecule has 1 amide bonds. The van der Waals surface area contributed by atoms with E-state index in [1.165, 1.54) is 0 Å². The Morgan fingerprint density at radius 2 is 2.12 bits per heavy atom. The van der Waals surface area contributed by atoms with Crippen LogP contribution in [0.2, 0.25) is 0 Å². The smallest absolute Gasteiger partial charge is 0.248 e. The van der Waals surface area contributed by atoms with Crippen LogP contribution in [0.5, 0.6) is 0 Å². The summed E-state index contributed by atoms with van der Waals surface area (Å²) in [5.41, 5.74) is 2.69. The molecule has 0 N–H and O–H groups in total. The minimum Gasteiger partial charge on any atom is -0.368 e. The number of hydrogen-bond donors (Lipinski definition) is 0. The molecule has 128 valence electrons. The third-order valence-corrected chi connectivity index (χ3v) is 5.13. The summed E-state index contributed by atoms with van der Waals surface area (Å²) in [6.07, 6.45) is 4.31. The number of hydrogen-bond acceptors (Lipinski definition) is 6. The average molecular weight is 330 g/mol. The van der Waals surface area contributed by atoms with Crippen LogP contribution in [0.1, 0.15) is 25.5 Å². The van der Waals surface area contributed by atoms with E-state index in [0.717, 1.165) is 49.4 Å². The van der Waals surface area contributed by atoms with E-state index >= 15 is 0 Å². The van der Waals surface area contributed by atoms with Crippen molar-refractivity contribution in [2.24, 2.45) is 0 Å². The first-order chi connectivity index (χ1) is 11.6. The largest absolute Gasteiger partial charge is 0.368 e. The molecule has 0 radical (unpaired) electrons. The molecule has 2 fully saturated rings. The highest BCUT2D eigenvalue weighted by molar-refractivity contribution is 5.78. The lowest BCUT2D eigenvalue weighted by molar-refractivity contribution is -0.164. The number of piperidine rings is 1. The van der Waals surface area contributed by atoms with Crippen molar-refractivity contribution in [1.82, 2.24) is 24.7 Å². The van der Waals surface area contributed by atoms with E-state index in [1.807, 2.05) is 7.05 Å². The minimum atomic E-state index is -0.205. The topological polar surface area (TPSA) is 75.9 Å². The molecule has 8 heteroatoms. The number of rotatable bonds is 2. The van der Waals surface area contributed by atoms with Crippen molar-refractivity contribution < 1.29 is 9.53 Å². The monoisotopic (exact) mass is 330 g/mol. The molecule has 8 nitrogen and oxygen atoms in total. The van der Waals surface area contributed by atoms with Crippen molar-refractivity contribution in [2.75, 3.05) is 38.2 Å². The molecule has 1 spiro atoms. The number of amides is 1. The summed E-state index contributed by atoms with van der Waals surface area (Å²) in [7, 11) is 1.86. The van der Waals surface area contributed by atoms with Crippen LogP contribution >= 0.6 is 0 Å². The lowest BCUT2D eigenvalue weighted by Gasteiger charge is -2.46. The van der Waals surface area contributed by atoms with Crippen molar-refractivity contribution in [2.45, 2.75) is 31.8 Å². The van der Waals surface area contributed by atoms with Crippen LogP contribution in [0.15, 0.2) is 12.4 Å². The zero-order valence-electron chi connectivity index (χ0n) is 14.1. The number of carbonyl (C=O) groups is 1. The SMILES string of the molecule is CCc1cc(N2CCC3(CC2)CN(C)C(=O)CO3)c2nncn2n1. The van der Waals surface area contributed by atoms with Gasteiger partial charge in [0.15, 0.2) is 0 Å². The quantitative estimate of drug-likeness (QED) is 0.799. The van der Waals surface area contributed by atoms with Gasteiger partial charge in [0.05, 0.1) is 17.0 Å². The van der Waals surface area contributed by atoms with Crippen LogP contribution in [-0.4, -0.2) is 69.5 Å². The normalized spacial score (nSPS) is 21.0. The number of likely N-dealkylation sites (N-methyl/N-ethyl adjacent to an activating group) is 1. The summed E-state index contributed by atoms with van der Waals surface area (Å²) in [5, 5.41) is 12.7. The van der Waals surface area contributed by atoms with Crippen molar-refractivity contribution >= 4 is 17.2 Å². The molecule has 0 aromatic carbocycles. The van der Waals surface area contributed by atoms with E-state index in [2.05, 4.69) is 33.2 Å². The van der Waals surface area contributed by atoms with Gasteiger partial charge in [-0.1, -0.05) is 6.92 Å². The summed E-state index contributed by atoms with van der Waals surface area (Å²) in [4.78, 5) is 15.8. The van der Waals surface area contributed by atoms with Gasteiger partial charge in [0, 0.05) is 26.7 Å². The van der Waals surface area contributed by atoms with Gasteiger partial charge in [-0.25, -0.2) is 0 Å². The first-order valence-corrected chi connectivity index (χ1v) is 8.43. The Kier molecular flexibility index (Phi) is 3.64. The molecule has 2 saturated heterocycles. The van der Waals surface area contributed by atoms with Crippen LogP contribution in [0.25, 0.3) is 5.65 Å². The number of anilines is 1. The van der Waals surface area contributed by atoms with E-state index in [-0.39, 0.29) is 18.1 Å². The average Bonchev–Trinajstić information content (AvgIpc) is 3.07. The highest BCUT2D eigenvalue weighted by Crippen LogP contribution is 2.33. The zero-order valence-corrected chi connectivity index (χ0v) is 14.1. The van der Waals surface area contributed by atoms with E-state index in [0.29, 0.717) is 6.54 Å². The fourth-order valence-electron chi connectivity index (χ4n) is 3.62. The second-order valence-corrected chi connectivity index (χ2v) is 6.68. The third-order valence-electron chi connectivity index (χ3n) is 5.13. The molecule has 24 heavy (non-hydrogen) atoms. The maximum atomic E-state index is 11.7. The van der Waals surface area contributed by atoms with Gasteiger partial charge in [-0.3, -0.25) is 4.79 Å². The highest BCUT2D eigenvalue weighted by Gasteiger charge is 2.41. The molecule has 4 rings (SSSR count). The van der Waals surface area contributed by atoms with Gasteiger partial charge in [-0.05, 0) is 25.3 Å². The first-order valence-electron chi connectivity index (χ1n) is 8.43. The maximum Gasteiger partial charge on any atom is 0.248 e. The Morgan fingerprint density at radius 1 is 1.33 bits per heavy atom. The molecule has 0 aliphatic carbocycles. The van der Waals surface area contributed by atoms with Crippen molar-refractivity contribution in [1.29, 1.82) is 0 Å². The zero-order chi connectivity index (χ0) is 16.7. The number of morpholine rings is 1. The van der Waals surface area contributed by atoms with Crippen LogP contribution in [0.4, 0.5) is 5.69 Å². The third kappa shape index (κ3) is 2.50. The Hall–Kier alpha value is -2.22. The lowest BCUT2D eigenvalue weighted by Crippen LogP contribution is -2.57. The van der Waals surface area contributed by atoms with Gasteiger partial charge >= 0.3 is 0 Å². The van der Waals surface area contributed by atoms with Crippen molar-refractivity contribution in [3.8, 4) is 0 Å². The number of aryl methyl sites for hydroxylation is 1. The van der Waals surface area contributed by atoms with Gasteiger partial charge in [-0.2, -0.15) is 9.61 Å². The van der Waals surface area contributed by atoms with Crippen molar-refractivity contribution in [3.63, 3.8) is 0 Å². The Balaban J connectivity index is 1.56. The molecule has 2 aromatic rings. The minimum absolute atomic E-state index is 0.0648. The van der Waals surface area contributed by atoms with E-state index < -0.39 is 0 Å². The van der Waals surface area contributed by atoms with Gasteiger partial charge in [0.25, 0.3) is 0 Å². The highest BCUT2D eigenvalue weighted by atomic mass is 16.5. The lowest BCUT2D eigenvalue weighted by atomic mass is 9.89. The van der Waals surface area contributed by atoms with Gasteiger partial charge in [0.1, 0.15) is 12.9 Å². The Labute approximate surface area is 140 Å². The molecule has 0 saturated carbocycles. The fourth-order valence-corrected chi connectivity index (χ4v) is 3.62. The summed E-state index contributed by atoms with van der Waals surface area (Å²) >= 11 is 0. The number of ether oxygens (including phenoxy) is 1. The molecular weight excluding hydrogens is 308 g/mol. The maximum absolute atomic E-state index is 11.7. The summed E-state index contributed by atoms with van der Waals surface area (Å²) in [6, 6.07) is 2.11. The predicted octanol–water partition coefficient (Wildman–Crippen LogP) is 0.514. The molecule has 2 aromatic heterocycles. The fraction of sp³-hybridized carbons (Fsp3) is 0.625. The summed E-state index contributed by atoms with van der Waals surface area (Å²) < 4.78 is 7.68. The number of fused-ring (bicyclic) bond motifs is 1. The first kappa shape index (κ1) is 15.3. The van der Waals surface area contributed by atoms with E-state index in [1.54, 1.807) is 15.7 Å². The van der Waals surface area contributed by atoms with E-state index in [9.17, 15) is 4.79 Å². The molecule has 0 bridgehead atoms. The van der Waals surface area contributed by atoms with Crippen LogP contribution in [0.3, 0.4) is 0 Å². The van der Waals surface area contributed by atoms with Crippen LogP contribution in [0, 0.1) is 0 Å². The molecule has 2 aliphatic heterocycles. The van der Waals surface area contributed by atoms with Crippen molar-refractivity contribution in [3.05, 3.63) is 18.1 Å². The molecule has 0 atom stereocenters. The van der Waals surface area contributed by atoms with Gasteiger partial charge in [-0.15, -0.1) is 10.2 Å². The molecule has 0 unspecified atom stereocenters. The van der Waals surface area contributed by atoms with Gasteiger partial charge < -0.3 is 14.5 Å². The Morgan fingerprint density at radius 3 is 2.83 bits per heavy atom. The van der Waals surface area contributed by atoms with E-state index in [4.69, 9.17) is 4.74 Å². The number of aromatic nitrogens is 4. The summed E-state index contributed by atoms with van der Waals surface area (Å²) in [5.74, 6) is 0.0648. The Bertz CT molecular complexity index is 765. The molecule has 2 aliphatic rings. The van der Waals surface area contributed by atoms with Crippen LogP contribution in [-0.2, 0) is 16.0 Å². The van der Waals surface area contributed by atoms with Gasteiger partial charge in [0.2, 0.25) is 11.6 Å².